The molecule has 0 aliphatic carbocycles. The van der Waals surface area contributed by atoms with Crippen molar-refractivity contribution in [3.63, 3.8) is 0 Å². The molecule has 3 aromatic rings. The molecular formula is C19H19N3O3. The van der Waals surface area contributed by atoms with Crippen molar-refractivity contribution in [3.05, 3.63) is 65.9 Å². The van der Waals surface area contributed by atoms with Crippen LogP contribution in [0.1, 0.15) is 15.9 Å². The lowest BCUT2D eigenvalue weighted by Crippen LogP contribution is -2.24. The van der Waals surface area contributed by atoms with Gasteiger partial charge in [0.25, 0.3) is 11.8 Å². The van der Waals surface area contributed by atoms with Gasteiger partial charge in [-0.25, -0.2) is 0 Å². The van der Waals surface area contributed by atoms with Gasteiger partial charge < -0.3 is 20.4 Å². The van der Waals surface area contributed by atoms with E-state index in [9.17, 15) is 9.59 Å². The molecule has 0 bridgehead atoms. The molecule has 1 aromatic heterocycles. The number of nitrogens with one attached hydrogen (secondary N) is 3. The Morgan fingerprint density at radius 1 is 1.08 bits per heavy atom. The van der Waals surface area contributed by atoms with Crippen molar-refractivity contribution >= 4 is 22.7 Å². The molecule has 0 aliphatic heterocycles. The molecule has 0 atom stereocenters. The predicted molar refractivity (Wildman–Crippen MR) is 95.5 cm³/mol. The van der Waals surface area contributed by atoms with Gasteiger partial charge in [-0.15, -0.1) is 0 Å². The highest BCUT2D eigenvalue weighted by atomic mass is 16.5. The van der Waals surface area contributed by atoms with Gasteiger partial charge in [0.05, 0.1) is 0 Å². The van der Waals surface area contributed by atoms with Crippen molar-refractivity contribution in [1.29, 1.82) is 0 Å². The van der Waals surface area contributed by atoms with Gasteiger partial charge in [0.15, 0.2) is 6.61 Å². The van der Waals surface area contributed by atoms with E-state index in [4.69, 9.17) is 4.74 Å². The van der Waals surface area contributed by atoms with Crippen molar-refractivity contribution in [2.75, 3.05) is 13.7 Å². The Hall–Kier alpha value is -3.28. The van der Waals surface area contributed by atoms with E-state index in [0.717, 1.165) is 16.5 Å². The first kappa shape index (κ1) is 16.6. The zero-order valence-corrected chi connectivity index (χ0v) is 13.8. The smallest absolute Gasteiger partial charge is 0.257 e. The SMILES string of the molecule is CNC(=O)COc1ccc(CNC(=O)c2cccc3[nH]ccc23)cc1. The first-order valence-corrected chi connectivity index (χ1v) is 7.94. The van der Waals surface area contributed by atoms with Crippen LogP contribution in [0.25, 0.3) is 10.9 Å². The minimum atomic E-state index is -0.185. The molecular weight excluding hydrogens is 318 g/mol. The molecule has 6 nitrogen and oxygen atoms in total. The molecule has 25 heavy (non-hydrogen) atoms. The Labute approximate surface area is 145 Å². The van der Waals surface area contributed by atoms with E-state index >= 15 is 0 Å². The molecule has 0 saturated carbocycles. The van der Waals surface area contributed by atoms with Gasteiger partial charge in [-0.2, -0.15) is 0 Å². The first-order valence-electron chi connectivity index (χ1n) is 7.94. The standard InChI is InChI=1S/C19H19N3O3/c1-20-18(23)12-25-14-7-5-13(6-8-14)11-22-19(24)16-3-2-4-17-15(16)9-10-21-17/h2-10,21H,11-12H2,1H3,(H,20,23)(H,22,24). The Morgan fingerprint density at radius 2 is 1.88 bits per heavy atom. The van der Waals surface area contributed by atoms with Crippen molar-refractivity contribution in [3.8, 4) is 5.75 Å². The molecule has 3 N–H and O–H groups in total. The van der Waals surface area contributed by atoms with Gasteiger partial charge >= 0.3 is 0 Å². The molecule has 3 rings (SSSR count). The summed E-state index contributed by atoms with van der Waals surface area (Å²) >= 11 is 0. The predicted octanol–water partition coefficient (Wildman–Crippen LogP) is 2.22. The normalized spacial score (nSPS) is 10.4. The minimum Gasteiger partial charge on any atom is -0.484 e. The zero-order chi connectivity index (χ0) is 17.6. The van der Waals surface area contributed by atoms with Gasteiger partial charge in [0.2, 0.25) is 0 Å². The fourth-order valence-corrected chi connectivity index (χ4v) is 2.49. The van der Waals surface area contributed by atoms with Gasteiger partial charge in [0.1, 0.15) is 5.75 Å². The third-order valence-electron chi connectivity index (χ3n) is 3.86. The number of H-pyrrole nitrogens is 1. The topological polar surface area (TPSA) is 83.2 Å². The number of ether oxygens (including phenoxy) is 1. The molecule has 128 valence electrons. The summed E-state index contributed by atoms with van der Waals surface area (Å²) in [4.78, 5) is 26.7. The maximum absolute atomic E-state index is 12.4. The van der Waals surface area contributed by atoms with Crippen molar-refractivity contribution < 1.29 is 14.3 Å². The second kappa shape index (κ2) is 7.53. The molecule has 0 saturated heterocycles. The summed E-state index contributed by atoms with van der Waals surface area (Å²) < 4.78 is 5.35. The number of hydrogen-bond donors (Lipinski definition) is 3. The van der Waals surface area contributed by atoms with Gasteiger partial charge in [-0.1, -0.05) is 18.2 Å². The molecule has 0 unspecified atom stereocenters. The number of aromatic amines is 1. The van der Waals surface area contributed by atoms with Crippen LogP contribution >= 0.6 is 0 Å². The largest absolute Gasteiger partial charge is 0.484 e. The summed E-state index contributed by atoms with van der Waals surface area (Å²) in [5.74, 6) is 0.302. The third kappa shape index (κ3) is 3.98. The highest BCUT2D eigenvalue weighted by molar-refractivity contribution is 6.06. The highest BCUT2D eigenvalue weighted by Crippen LogP contribution is 2.17. The number of carbonyl (C=O) groups is 2. The van der Waals surface area contributed by atoms with Crippen LogP contribution < -0.4 is 15.4 Å². The summed E-state index contributed by atoms with van der Waals surface area (Å²) in [6.45, 7) is 0.391. The van der Waals surface area contributed by atoms with E-state index in [1.165, 1.54) is 0 Å². The molecule has 6 heteroatoms. The number of carbonyl (C=O) groups excluding carboxylic acids is 2. The van der Waals surface area contributed by atoms with E-state index in [1.54, 1.807) is 25.2 Å². The van der Waals surface area contributed by atoms with E-state index in [0.29, 0.717) is 17.9 Å². The Bertz CT molecular complexity index is 884. The van der Waals surface area contributed by atoms with E-state index in [2.05, 4.69) is 15.6 Å². The summed E-state index contributed by atoms with van der Waals surface area (Å²) in [5, 5.41) is 6.31. The van der Waals surface area contributed by atoms with Crippen LogP contribution in [-0.2, 0) is 11.3 Å². The molecule has 2 aromatic carbocycles. The first-order chi connectivity index (χ1) is 12.2. The number of amides is 2. The molecule has 0 radical (unpaired) electrons. The molecule has 1 heterocycles. The van der Waals surface area contributed by atoms with Crippen molar-refractivity contribution in [2.24, 2.45) is 0 Å². The molecule has 0 spiro atoms. The summed E-state index contributed by atoms with van der Waals surface area (Å²) in [6.07, 6.45) is 1.82. The fraction of sp³-hybridized carbons (Fsp3) is 0.158. The van der Waals surface area contributed by atoms with Crippen LogP contribution in [-0.4, -0.2) is 30.5 Å². The molecule has 0 aliphatic rings. The second-order valence-electron chi connectivity index (χ2n) is 5.53. The lowest BCUT2D eigenvalue weighted by Gasteiger charge is -2.08. The number of hydrogen-bond acceptors (Lipinski definition) is 3. The average molecular weight is 337 g/mol. The van der Waals surface area contributed by atoms with Gasteiger partial charge in [-0.3, -0.25) is 9.59 Å². The zero-order valence-electron chi connectivity index (χ0n) is 13.8. The molecule has 0 fully saturated rings. The lowest BCUT2D eigenvalue weighted by atomic mass is 10.1. The van der Waals surface area contributed by atoms with Gasteiger partial charge in [0, 0.05) is 36.3 Å². The van der Waals surface area contributed by atoms with Crippen LogP contribution in [0.3, 0.4) is 0 Å². The fourth-order valence-electron chi connectivity index (χ4n) is 2.49. The maximum atomic E-state index is 12.4. The quantitative estimate of drug-likeness (QED) is 0.645. The van der Waals surface area contributed by atoms with Crippen LogP contribution in [0.15, 0.2) is 54.7 Å². The maximum Gasteiger partial charge on any atom is 0.257 e. The summed E-state index contributed by atoms with van der Waals surface area (Å²) in [6, 6.07) is 14.8. The van der Waals surface area contributed by atoms with Crippen LogP contribution in [0.5, 0.6) is 5.75 Å². The summed E-state index contributed by atoms with van der Waals surface area (Å²) in [7, 11) is 1.56. The van der Waals surface area contributed by atoms with Crippen LogP contribution in [0, 0.1) is 0 Å². The molecule has 2 amide bonds. The van der Waals surface area contributed by atoms with E-state index in [-0.39, 0.29) is 18.4 Å². The van der Waals surface area contributed by atoms with E-state index in [1.807, 2.05) is 36.5 Å². The number of likely N-dealkylation sites (N-methyl/N-ethyl adjacent to an activating group) is 1. The van der Waals surface area contributed by atoms with Gasteiger partial charge in [-0.05, 0) is 35.9 Å². The third-order valence-corrected chi connectivity index (χ3v) is 3.86. The summed E-state index contributed by atoms with van der Waals surface area (Å²) in [5.41, 5.74) is 2.52. The number of benzene rings is 2. The van der Waals surface area contributed by atoms with E-state index < -0.39 is 0 Å². The minimum absolute atomic E-state index is 0.0206. The Kier molecular flexibility index (Phi) is 4.99. The number of aromatic nitrogens is 1. The lowest BCUT2D eigenvalue weighted by molar-refractivity contribution is -0.122. The Morgan fingerprint density at radius 3 is 2.64 bits per heavy atom. The van der Waals surface area contributed by atoms with Crippen LogP contribution in [0.2, 0.25) is 0 Å². The van der Waals surface area contributed by atoms with Crippen molar-refractivity contribution in [2.45, 2.75) is 6.54 Å². The number of fused-ring (bicyclic) bond motifs is 1. The monoisotopic (exact) mass is 337 g/mol. The average Bonchev–Trinajstić information content (AvgIpc) is 3.13. The number of rotatable bonds is 6. The highest BCUT2D eigenvalue weighted by Gasteiger charge is 2.10. The second-order valence-corrected chi connectivity index (χ2v) is 5.53. The van der Waals surface area contributed by atoms with Crippen molar-refractivity contribution in [1.82, 2.24) is 15.6 Å². The van der Waals surface area contributed by atoms with Crippen LogP contribution in [0.4, 0.5) is 0 Å². The Balaban J connectivity index is 1.59.